The zero-order valence-electron chi connectivity index (χ0n) is 24.6. The van der Waals surface area contributed by atoms with E-state index in [-0.39, 0.29) is 0 Å². The zero-order chi connectivity index (χ0) is 30.8. The van der Waals surface area contributed by atoms with Gasteiger partial charge in [0.05, 0.1) is 23.4 Å². The Bertz CT molecular complexity index is 1630. The van der Waals surface area contributed by atoms with Crippen LogP contribution in [0.1, 0.15) is 63.0 Å². The highest BCUT2D eigenvalue weighted by Gasteiger charge is 2.35. The number of aliphatic hydroxyl groups excluding tert-OH is 1. The Morgan fingerprint density at radius 2 is 1.82 bits per heavy atom. The maximum atomic E-state index is 13.8. The van der Waals surface area contributed by atoms with Crippen molar-refractivity contribution in [3.05, 3.63) is 78.0 Å². The summed E-state index contributed by atoms with van der Waals surface area (Å²) < 4.78 is 47.0. The van der Waals surface area contributed by atoms with Crippen molar-refractivity contribution in [2.24, 2.45) is 0 Å². The highest BCUT2D eigenvalue weighted by molar-refractivity contribution is 5.83. The van der Waals surface area contributed by atoms with Gasteiger partial charge in [-0.3, -0.25) is 10.1 Å². The normalized spacial score (nSPS) is 17.3. The average Bonchev–Trinajstić information content (AvgIpc) is 3.69. The first-order valence-electron chi connectivity index (χ1n) is 14.9. The Kier molecular flexibility index (Phi) is 8.42. The van der Waals surface area contributed by atoms with Crippen LogP contribution in [0.4, 0.5) is 8.78 Å². The van der Waals surface area contributed by atoms with E-state index in [0.717, 1.165) is 35.0 Å². The van der Waals surface area contributed by atoms with Crippen LogP contribution in [0.5, 0.6) is 17.2 Å². The van der Waals surface area contributed by atoms with Crippen LogP contribution in [0.15, 0.2) is 66.9 Å². The van der Waals surface area contributed by atoms with E-state index in [0.29, 0.717) is 49.0 Å². The van der Waals surface area contributed by atoms with Crippen LogP contribution < -0.4 is 24.8 Å². The van der Waals surface area contributed by atoms with Crippen molar-refractivity contribution in [1.82, 2.24) is 20.4 Å². The number of rotatable bonds is 10. The second-order valence-electron chi connectivity index (χ2n) is 11.5. The Balaban J connectivity index is 1.26. The van der Waals surface area contributed by atoms with Gasteiger partial charge in [-0.15, -0.1) is 0 Å². The quantitative estimate of drug-likeness (QED) is 0.202. The molecule has 3 atom stereocenters. The van der Waals surface area contributed by atoms with Crippen LogP contribution in [0.3, 0.4) is 0 Å². The summed E-state index contributed by atoms with van der Waals surface area (Å²) in [5.41, 5.74) is 2.99. The number of carbonyl (C=O) groups excluding carboxylic acids is 1. The van der Waals surface area contributed by atoms with Crippen molar-refractivity contribution in [2.45, 2.75) is 69.9 Å². The summed E-state index contributed by atoms with van der Waals surface area (Å²) in [6.07, 6.45) is 4.60. The fraction of sp³-hybridized carbons (Fsp3) is 0.394. The van der Waals surface area contributed by atoms with Gasteiger partial charge in [-0.25, -0.2) is 4.68 Å². The molecule has 44 heavy (non-hydrogen) atoms. The average molecular weight is 607 g/mol. The van der Waals surface area contributed by atoms with Gasteiger partial charge >= 0.3 is 5.92 Å². The zero-order valence-corrected chi connectivity index (χ0v) is 24.6. The molecule has 0 saturated heterocycles. The van der Waals surface area contributed by atoms with E-state index in [4.69, 9.17) is 14.2 Å². The number of hydrogen-bond donors (Lipinski definition) is 3. The molecule has 3 aromatic carbocycles. The number of halogens is 2. The number of hydrogen-bond acceptors (Lipinski definition) is 7. The number of carbonyl (C=O) groups is 1. The Hall–Kier alpha value is -4.22. The van der Waals surface area contributed by atoms with Gasteiger partial charge in [0.1, 0.15) is 31.3 Å². The third-order valence-electron chi connectivity index (χ3n) is 8.09. The van der Waals surface area contributed by atoms with E-state index in [1.165, 1.54) is 12.8 Å². The molecule has 1 saturated carbocycles. The van der Waals surface area contributed by atoms with Gasteiger partial charge < -0.3 is 24.6 Å². The first-order chi connectivity index (χ1) is 21.2. The van der Waals surface area contributed by atoms with Gasteiger partial charge in [-0.05, 0) is 73.4 Å². The maximum absolute atomic E-state index is 13.8. The second kappa shape index (κ2) is 12.4. The Morgan fingerprint density at radius 3 is 2.59 bits per heavy atom. The highest BCUT2D eigenvalue weighted by atomic mass is 19.3. The van der Waals surface area contributed by atoms with Gasteiger partial charge in [0, 0.05) is 18.4 Å². The van der Waals surface area contributed by atoms with Crippen molar-refractivity contribution in [3.8, 4) is 22.9 Å². The molecular weight excluding hydrogens is 570 g/mol. The highest BCUT2D eigenvalue weighted by Crippen LogP contribution is 2.36. The van der Waals surface area contributed by atoms with E-state index in [1.54, 1.807) is 42.1 Å². The molecule has 232 valence electrons. The van der Waals surface area contributed by atoms with Crippen LogP contribution in [0.25, 0.3) is 16.6 Å². The largest absolute Gasteiger partial charge is 0.486 e. The third kappa shape index (κ3) is 6.48. The first kappa shape index (κ1) is 29.8. The van der Waals surface area contributed by atoms with E-state index in [2.05, 4.69) is 15.7 Å². The van der Waals surface area contributed by atoms with Crippen LogP contribution in [-0.4, -0.2) is 52.0 Å². The van der Waals surface area contributed by atoms with Gasteiger partial charge in [-0.1, -0.05) is 31.0 Å². The number of amides is 1. The van der Waals surface area contributed by atoms with Crippen molar-refractivity contribution >= 4 is 16.8 Å². The van der Waals surface area contributed by atoms with Crippen molar-refractivity contribution in [3.63, 3.8) is 0 Å². The fourth-order valence-corrected chi connectivity index (χ4v) is 5.78. The molecule has 1 unspecified atom stereocenters. The monoisotopic (exact) mass is 606 g/mol. The van der Waals surface area contributed by atoms with E-state index in [1.807, 2.05) is 36.4 Å². The number of aliphatic hydroxyl groups is 1. The molecule has 1 aliphatic carbocycles. The molecule has 2 heterocycles. The van der Waals surface area contributed by atoms with Crippen LogP contribution >= 0.6 is 0 Å². The third-order valence-corrected chi connectivity index (χ3v) is 8.09. The van der Waals surface area contributed by atoms with Crippen molar-refractivity contribution in [1.29, 1.82) is 0 Å². The summed E-state index contributed by atoms with van der Waals surface area (Å²) in [7, 11) is 0. The summed E-state index contributed by atoms with van der Waals surface area (Å²) in [4.78, 5) is 12.2. The standard InChI is InChI=1S/C33H36F2N4O5/c1-20(37-32(41)33(2,34)35)30(21-10-13-28-29(18-21)43-15-14-42-28)44-26-11-12-27-23(17-26)19-36-39(27)25-9-5-6-22(16-25)31(40)38-24-7-3-4-8-24/h5-6,9-13,16-20,24,30-31,38,40H,3-4,7-8,14-15H2,1-2H3,(H,37,41)/t20-,30-,31?/m0/s1. The van der Waals surface area contributed by atoms with Crippen LogP contribution in [0.2, 0.25) is 0 Å². The minimum atomic E-state index is -3.54. The lowest BCUT2D eigenvalue weighted by Gasteiger charge is -2.28. The second-order valence-corrected chi connectivity index (χ2v) is 11.5. The lowest BCUT2D eigenvalue weighted by atomic mass is 10.0. The van der Waals surface area contributed by atoms with E-state index in [9.17, 15) is 18.7 Å². The summed E-state index contributed by atoms with van der Waals surface area (Å²) in [6, 6.07) is 17.8. The minimum Gasteiger partial charge on any atom is -0.486 e. The number of alkyl halides is 2. The van der Waals surface area contributed by atoms with E-state index < -0.39 is 30.2 Å². The van der Waals surface area contributed by atoms with Gasteiger partial charge in [-0.2, -0.15) is 13.9 Å². The number of ether oxygens (including phenoxy) is 3. The topological polar surface area (TPSA) is 107 Å². The summed E-state index contributed by atoms with van der Waals surface area (Å²) >= 11 is 0. The molecule has 0 radical (unpaired) electrons. The fourth-order valence-electron chi connectivity index (χ4n) is 5.78. The van der Waals surface area contributed by atoms with Crippen molar-refractivity contribution in [2.75, 3.05) is 13.2 Å². The molecule has 1 aliphatic heterocycles. The number of nitrogens with zero attached hydrogens (tertiary/aromatic N) is 2. The molecule has 9 nitrogen and oxygen atoms in total. The molecular formula is C33H36F2N4O5. The Morgan fingerprint density at radius 1 is 1.05 bits per heavy atom. The predicted octanol–water partition coefficient (Wildman–Crippen LogP) is 5.60. The van der Waals surface area contributed by atoms with Gasteiger partial charge in [0.2, 0.25) is 0 Å². The van der Waals surface area contributed by atoms with E-state index >= 15 is 0 Å². The summed E-state index contributed by atoms with van der Waals surface area (Å²) in [6.45, 7) is 2.99. The molecule has 1 amide bonds. The number of aromatic nitrogens is 2. The lowest BCUT2D eigenvalue weighted by molar-refractivity contribution is -0.144. The maximum Gasteiger partial charge on any atom is 0.321 e. The summed E-state index contributed by atoms with van der Waals surface area (Å²) in [5, 5.41) is 21.9. The van der Waals surface area contributed by atoms with Crippen molar-refractivity contribution < 1.29 is 32.9 Å². The summed E-state index contributed by atoms with van der Waals surface area (Å²) in [5.74, 6) is -3.37. The molecule has 1 aromatic heterocycles. The number of benzene rings is 3. The molecule has 6 rings (SSSR count). The molecule has 4 aromatic rings. The van der Waals surface area contributed by atoms with Crippen LogP contribution in [0, 0.1) is 0 Å². The van der Waals surface area contributed by atoms with Crippen LogP contribution in [-0.2, 0) is 4.79 Å². The molecule has 0 bridgehead atoms. The van der Waals surface area contributed by atoms with Gasteiger partial charge in [0.15, 0.2) is 11.5 Å². The molecule has 1 fully saturated rings. The number of nitrogens with one attached hydrogen (secondary N) is 2. The molecule has 3 N–H and O–H groups in total. The smallest absolute Gasteiger partial charge is 0.321 e. The predicted molar refractivity (Wildman–Crippen MR) is 160 cm³/mol. The SMILES string of the molecule is C[C@H](NC(=O)C(C)(F)F)[C@H](Oc1ccc2c(cnn2-c2cccc(C(O)NC3CCCC3)c2)c1)c1ccc2c(c1)OCCO2. The lowest BCUT2D eigenvalue weighted by Crippen LogP contribution is -2.46. The molecule has 2 aliphatic rings. The first-order valence-corrected chi connectivity index (χ1v) is 14.9. The molecule has 0 spiro atoms. The molecule has 11 heteroatoms. The minimum absolute atomic E-state index is 0.318. The Labute approximate surface area is 254 Å². The van der Waals surface area contributed by atoms with Gasteiger partial charge in [0.25, 0.3) is 5.91 Å². The number of fused-ring (bicyclic) bond motifs is 2.